The SMILES string of the molecule is CCOc1cc(N2CCc3c(F)ccc(F)c3C2)ncn1. The van der Waals surface area contributed by atoms with Gasteiger partial charge in [-0.3, -0.25) is 0 Å². The Morgan fingerprint density at radius 2 is 1.95 bits per heavy atom. The van der Waals surface area contributed by atoms with Crippen LogP contribution >= 0.6 is 0 Å². The Bertz CT molecular complexity index is 663. The molecule has 0 unspecified atom stereocenters. The Hall–Kier alpha value is -2.24. The van der Waals surface area contributed by atoms with E-state index in [4.69, 9.17) is 4.74 Å². The molecule has 1 aliphatic rings. The third-order valence-corrected chi connectivity index (χ3v) is 3.54. The predicted octanol–water partition coefficient (Wildman–Crippen LogP) is 2.72. The highest BCUT2D eigenvalue weighted by Gasteiger charge is 2.23. The summed E-state index contributed by atoms with van der Waals surface area (Å²) in [6.45, 7) is 3.26. The summed E-state index contributed by atoms with van der Waals surface area (Å²) in [7, 11) is 0. The molecular formula is C15H15F2N3O. The van der Waals surface area contributed by atoms with Crippen molar-refractivity contribution in [2.24, 2.45) is 0 Å². The lowest BCUT2D eigenvalue weighted by Gasteiger charge is -2.30. The topological polar surface area (TPSA) is 38.2 Å². The molecule has 4 nitrogen and oxygen atoms in total. The first-order valence-electron chi connectivity index (χ1n) is 6.84. The minimum Gasteiger partial charge on any atom is -0.478 e. The van der Waals surface area contributed by atoms with Crippen molar-refractivity contribution in [2.75, 3.05) is 18.1 Å². The van der Waals surface area contributed by atoms with E-state index in [1.807, 2.05) is 11.8 Å². The van der Waals surface area contributed by atoms with Crippen LogP contribution in [0.1, 0.15) is 18.1 Å². The average Bonchev–Trinajstić information content (AvgIpc) is 2.51. The quantitative estimate of drug-likeness (QED) is 0.871. The molecule has 0 saturated heterocycles. The standard InChI is InChI=1S/C15H15F2N3O/c1-2-21-15-7-14(18-9-19-15)20-6-5-10-11(8-20)13(17)4-3-12(10)16/h3-4,7,9H,2,5-6,8H2,1H3. The van der Waals surface area contributed by atoms with Gasteiger partial charge in [0.25, 0.3) is 0 Å². The van der Waals surface area contributed by atoms with Crippen molar-refractivity contribution in [1.29, 1.82) is 0 Å². The second kappa shape index (κ2) is 5.63. The highest BCUT2D eigenvalue weighted by Crippen LogP contribution is 2.27. The van der Waals surface area contributed by atoms with Crippen LogP contribution in [-0.4, -0.2) is 23.1 Å². The van der Waals surface area contributed by atoms with Crippen LogP contribution < -0.4 is 9.64 Å². The maximum Gasteiger partial charge on any atom is 0.218 e. The predicted molar refractivity (Wildman–Crippen MR) is 74.3 cm³/mol. The molecule has 0 bridgehead atoms. The van der Waals surface area contributed by atoms with Crippen molar-refractivity contribution in [1.82, 2.24) is 9.97 Å². The second-order valence-electron chi connectivity index (χ2n) is 4.81. The molecular weight excluding hydrogens is 276 g/mol. The van der Waals surface area contributed by atoms with Gasteiger partial charge in [0.15, 0.2) is 0 Å². The van der Waals surface area contributed by atoms with Crippen LogP contribution in [-0.2, 0) is 13.0 Å². The molecule has 2 aromatic rings. The van der Waals surface area contributed by atoms with Gasteiger partial charge in [-0.1, -0.05) is 0 Å². The molecule has 1 aromatic heterocycles. The highest BCUT2D eigenvalue weighted by molar-refractivity contribution is 5.46. The van der Waals surface area contributed by atoms with Crippen LogP contribution in [0.4, 0.5) is 14.6 Å². The first kappa shape index (κ1) is 13.7. The smallest absolute Gasteiger partial charge is 0.218 e. The Kier molecular flexibility index (Phi) is 3.68. The Balaban J connectivity index is 1.89. The number of ether oxygens (including phenoxy) is 1. The first-order chi connectivity index (χ1) is 10.2. The molecule has 21 heavy (non-hydrogen) atoms. The van der Waals surface area contributed by atoms with Gasteiger partial charge in [-0.25, -0.2) is 18.7 Å². The number of rotatable bonds is 3. The molecule has 110 valence electrons. The number of aromatic nitrogens is 2. The first-order valence-corrected chi connectivity index (χ1v) is 6.84. The number of hydrogen-bond acceptors (Lipinski definition) is 4. The van der Waals surface area contributed by atoms with Crippen LogP contribution in [0, 0.1) is 11.6 Å². The zero-order chi connectivity index (χ0) is 14.8. The lowest BCUT2D eigenvalue weighted by atomic mass is 9.98. The van der Waals surface area contributed by atoms with E-state index in [0.29, 0.717) is 48.9 Å². The van der Waals surface area contributed by atoms with Gasteiger partial charge >= 0.3 is 0 Å². The zero-order valence-electron chi connectivity index (χ0n) is 11.6. The summed E-state index contributed by atoms with van der Waals surface area (Å²) in [6.07, 6.45) is 1.87. The summed E-state index contributed by atoms with van der Waals surface area (Å²) < 4.78 is 32.9. The fourth-order valence-corrected chi connectivity index (χ4v) is 2.52. The molecule has 0 aliphatic carbocycles. The summed E-state index contributed by atoms with van der Waals surface area (Å²) in [4.78, 5) is 10.1. The van der Waals surface area contributed by atoms with Gasteiger partial charge in [0.1, 0.15) is 23.8 Å². The number of fused-ring (bicyclic) bond motifs is 1. The molecule has 0 saturated carbocycles. The summed E-state index contributed by atoms with van der Waals surface area (Å²) in [5.74, 6) is 0.412. The number of halogens is 2. The van der Waals surface area contributed by atoms with Crippen molar-refractivity contribution in [3.8, 4) is 5.88 Å². The van der Waals surface area contributed by atoms with Gasteiger partial charge in [-0.05, 0) is 31.0 Å². The maximum atomic E-state index is 13.9. The van der Waals surface area contributed by atoms with Gasteiger partial charge in [-0.15, -0.1) is 0 Å². The maximum absolute atomic E-state index is 13.9. The molecule has 2 heterocycles. The Morgan fingerprint density at radius 3 is 2.71 bits per heavy atom. The summed E-state index contributed by atoms with van der Waals surface area (Å²) >= 11 is 0. The molecule has 0 spiro atoms. The third-order valence-electron chi connectivity index (χ3n) is 3.54. The number of anilines is 1. The third kappa shape index (κ3) is 2.66. The Labute approximate surface area is 121 Å². The largest absolute Gasteiger partial charge is 0.478 e. The van der Waals surface area contributed by atoms with E-state index in [0.717, 1.165) is 0 Å². The lowest BCUT2D eigenvalue weighted by molar-refractivity contribution is 0.326. The van der Waals surface area contributed by atoms with Gasteiger partial charge in [0.2, 0.25) is 5.88 Å². The zero-order valence-corrected chi connectivity index (χ0v) is 11.6. The number of benzene rings is 1. The van der Waals surface area contributed by atoms with E-state index in [2.05, 4.69) is 9.97 Å². The lowest BCUT2D eigenvalue weighted by Crippen LogP contribution is -2.32. The van der Waals surface area contributed by atoms with Crippen LogP contribution in [0.15, 0.2) is 24.5 Å². The van der Waals surface area contributed by atoms with Crippen molar-refractivity contribution >= 4 is 5.82 Å². The fraction of sp³-hybridized carbons (Fsp3) is 0.333. The minimum atomic E-state index is -0.379. The van der Waals surface area contributed by atoms with Crippen molar-refractivity contribution < 1.29 is 13.5 Å². The molecule has 0 atom stereocenters. The summed E-state index contributed by atoms with van der Waals surface area (Å²) in [6, 6.07) is 4.07. The normalized spacial score (nSPS) is 14.0. The van der Waals surface area contributed by atoms with Gasteiger partial charge < -0.3 is 9.64 Å². The minimum absolute atomic E-state index is 0.293. The van der Waals surface area contributed by atoms with Crippen molar-refractivity contribution in [3.05, 3.63) is 47.3 Å². The molecule has 6 heteroatoms. The van der Waals surface area contributed by atoms with E-state index in [9.17, 15) is 8.78 Å². The van der Waals surface area contributed by atoms with Gasteiger partial charge in [0, 0.05) is 24.7 Å². The van der Waals surface area contributed by atoms with E-state index >= 15 is 0 Å². The van der Waals surface area contributed by atoms with E-state index in [-0.39, 0.29) is 11.6 Å². The molecule has 1 aliphatic heterocycles. The monoisotopic (exact) mass is 291 g/mol. The second-order valence-corrected chi connectivity index (χ2v) is 4.81. The molecule has 0 amide bonds. The van der Waals surface area contributed by atoms with E-state index in [1.54, 1.807) is 6.07 Å². The van der Waals surface area contributed by atoms with Crippen molar-refractivity contribution in [3.63, 3.8) is 0 Å². The number of nitrogens with zero attached hydrogens (tertiary/aromatic N) is 3. The number of hydrogen-bond donors (Lipinski definition) is 0. The molecule has 0 N–H and O–H groups in total. The van der Waals surface area contributed by atoms with E-state index < -0.39 is 0 Å². The average molecular weight is 291 g/mol. The molecule has 0 fully saturated rings. The van der Waals surface area contributed by atoms with Crippen molar-refractivity contribution in [2.45, 2.75) is 19.9 Å². The van der Waals surface area contributed by atoms with Crippen LogP contribution in [0.3, 0.4) is 0 Å². The van der Waals surface area contributed by atoms with E-state index in [1.165, 1.54) is 18.5 Å². The summed E-state index contributed by atoms with van der Waals surface area (Å²) in [5, 5.41) is 0. The van der Waals surface area contributed by atoms with Crippen LogP contribution in [0.2, 0.25) is 0 Å². The molecule has 3 rings (SSSR count). The Morgan fingerprint density at radius 1 is 1.19 bits per heavy atom. The fourth-order valence-electron chi connectivity index (χ4n) is 2.52. The van der Waals surface area contributed by atoms with Gasteiger partial charge in [-0.2, -0.15) is 0 Å². The molecule has 1 aromatic carbocycles. The van der Waals surface area contributed by atoms with Crippen LogP contribution in [0.5, 0.6) is 5.88 Å². The highest BCUT2D eigenvalue weighted by atomic mass is 19.1. The summed E-state index contributed by atoms with van der Waals surface area (Å²) in [5.41, 5.74) is 0.864. The van der Waals surface area contributed by atoms with Gasteiger partial charge in [0.05, 0.1) is 6.61 Å². The molecule has 0 radical (unpaired) electrons. The van der Waals surface area contributed by atoms with Crippen LogP contribution in [0.25, 0.3) is 0 Å².